The first-order valence-corrected chi connectivity index (χ1v) is 9.42. The number of hydrogen-bond donors (Lipinski definition) is 0. The van der Waals surface area contributed by atoms with Crippen LogP contribution in [0.4, 0.5) is 26.3 Å². The summed E-state index contributed by atoms with van der Waals surface area (Å²) in [5.74, 6) is -1.35. The molecule has 1 saturated carbocycles. The predicted molar refractivity (Wildman–Crippen MR) is 92.1 cm³/mol. The van der Waals surface area contributed by atoms with Crippen LogP contribution in [0.1, 0.15) is 34.3 Å². The molecule has 0 saturated heterocycles. The average molecular weight is 468 g/mol. The van der Waals surface area contributed by atoms with Gasteiger partial charge in [0, 0.05) is 18.2 Å². The second-order valence-corrected chi connectivity index (χ2v) is 8.00. The Labute approximate surface area is 171 Å². The SMILES string of the molecule is N#CC1CC1c1c(C(F)(F)F)sc2nc(Cn3cc(Cl)c(C(F)(F)F)n3)cc(=O)n12. The van der Waals surface area contributed by atoms with Gasteiger partial charge in [-0.1, -0.05) is 22.9 Å². The van der Waals surface area contributed by atoms with Gasteiger partial charge in [-0.3, -0.25) is 13.9 Å². The van der Waals surface area contributed by atoms with Crippen molar-refractivity contribution in [1.29, 1.82) is 5.26 Å². The smallest absolute Gasteiger partial charge is 0.269 e. The molecule has 3 heterocycles. The van der Waals surface area contributed by atoms with Crippen molar-refractivity contribution in [2.24, 2.45) is 5.92 Å². The number of fused-ring (bicyclic) bond motifs is 1. The zero-order valence-corrected chi connectivity index (χ0v) is 16.0. The summed E-state index contributed by atoms with van der Waals surface area (Å²) >= 11 is 5.77. The van der Waals surface area contributed by atoms with Crippen LogP contribution in [-0.4, -0.2) is 19.2 Å². The van der Waals surface area contributed by atoms with E-state index in [0.717, 1.165) is 21.3 Å². The first-order chi connectivity index (χ1) is 13.9. The van der Waals surface area contributed by atoms with E-state index in [9.17, 15) is 31.1 Å². The average Bonchev–Trinajstić information content (AvgIpc) is 3.12. The van der Waals surface area contributed by atoms with Crippen molar-refractivity contribution >= 4 is 27.9 Å². The largest absolute Gasteiger partial charge is 0.436 e. The third-order valence-electron chi connectivity index (χ3n) is 4.48. The van der Waals surface area contributed by atoms with E-state index in [4.69, 9.17) is 16.9 Å². The summed E-state index contributed by atoms with van der Waals surface area (Å²) in [5.41, 5.74) is -2.53. The van der Waals surface area contributed by atoms with Crippen molar-refractivity contribution in [3.8, 4) is 6.07 Å². The van der Waals surface area contributed by atoms with E-state index in [1.807, 2.05) is 6.07 Å². The minimum atomic E-state index is -4.79. The third kappa shape index (κ3) is 3.54. The molecule has 0 aromatic carbocycles. The van der Waals surface area contributed by atoms with Crippen LogP contribution in [0.5, 0.6) is 0 Å². The van der Waals surface area contributed by atoms with Crippen LogP contribution in [0, 0.1) is 17.2 Å². The van der Waals surface area contributed by atoms with Crippen LogP contribution in [0.15, 0.2) is 17.1 Å². The van der Waals surface area contributed by atoms with Gasteiger partial charge in [-0.2, -0.15) is 36.7 Å². The molecule has 158 valence electrons. The van der Waals surface area contributed by atoms with Gasteiger partial charge in [0.15, 0.2) is 10.7 Å². The number of alkyl halides is 6. The zero-order valence-electron chi connectivity index (χ0n) is 14.4. The molecule has 14 heteroatoms. The molecule has 30 heavy (non-hydrogen) atoms. The monoisotopic (exact) mass is 467 g/mol. The molecular weight excluding hydrogens is 460 g/mol. The van der Waals surface area contributed by atoms with Crippen LogP contribution in [0.2, 0.25) is 5.02 Å². The maximum atomic E-state index is 13.5. The van der Waals surface area contributed by atoms with Crippen molar-refractivity contribution in [3.63, 3.8) is 0 Å². The minimum absolute atomic E-state index is 0.0814. The Hall–Kier alpha value is -2.59. The highest BCUT2D eigenvalue weighted by atomic mass is 35.5. The Morgan fingerprint density at radius 3 is 2.50 bits per heavy atom. The van der Waals surface area contributed by atoms with Gasteiger partial charge in [-0.15, -0.1) is 0 Å². The lowest BCUT2D eigenvalue weighted by Crippen LogP contribution is -2.19. The lowest BCUT2D eigenvalue weighted by molar-refractivity contribution is -0.141. The second kappa shape index (κ2) is 6.71. The van der Waals surface area contributed by atoms with Gasteiger partial charge in [0.25, 0.3) is 5.56 Å². The minimum Gasteiger partial charge on any atom is -0.269 e. The molecule has 2 atom stereocenters. The first kappa shape index (κ1) is 20.7. The van der Waals surface area contributed by atoms with Gasteiger partial charge >= 0.3 is 12.4 Å². The quantitative estimate of drug-likeness (QED) is 0.538. The lowest BCUT2D eigenvalue weighted by Gasteiger charge is -2.07. The summed E-state index contributed by atoms with van der Waals surface area (Å²) < 4.78 is 80.5. The summed E-state index contributed by atoms with van der Waals surface area (Å²) in [6.45, 7) is -0.402. The molecule has 4 rings (SSSR count). The van der Waals surface area contributed by atoms with Crippen molar-refractivity contribution in [1.82, 2.24) is 19.2 Å². The van der Waals surface area contributed by atoms with Gasteiger partial charge in [0.05, 0.1) is 34.9 Å². The number of hydrogen-bond acceptors (Lipinski definition) is 5. The molecule has 2 unspecified atom stereocenters. The Kier molecular flexibility index (Phi) is 4.62. The maximum absolute atomic E-state index is 13.5. The molecule has 0 aliphatic heterocycles. The number of thiazole rings is 1. The molecule has 0 bridgehead atoms. The fourth-order valence-electron chi connectivity index (χ4n) is 3.14. The van der Waals surface area contributed by atoms with E-state index < -0.39 is 51.9 Å². The molecule has 1 aliphatic rings. The molecule has 6 nitrogen and oxygen atoms in total. The van der Waals surface area contributed by atoms with Crippen molar-refractivity contribution in [2.45, 2.75) is 31.2 Å². The summed E-state index contributed by atoms with van der Waals surface area (Å²) in [6, 6.07) is 2.82. The summed E-state index contributed by atoms with van der Waals surface area (Å²) in [5, 5.41) is 11.6. The summed E-state index contributed by atoms with van der Waals surface area (Å²) in [6.07, 6.45) is -8.45. The second-order valence-electron chi connectivity index (χ2n) is 6.62. The fraction of sp³-hybridized carbons (Fsp3) is 0.375. The van der Waals surface area contributed by atoms with Crippen LogP contribution in [0.3, 0.4) is 0 Å². The van der Waals surface area contributed by atoms with Gasteiger partial charge in [-0.05, 0) is 6.42 Å². The van der Waals surface area contributed by atoms with Crippen LogP contribution in [-0.2, 0) is 18.9 Å². The topological polar surface area (TPSA) is 76.0 Å². The normalized spacial score (nSPS) is 19.3. The van der Waals surface area contributed by atoms with Crippen LogP contribution < -0.4 is 5.56 Å². The number of halogens is 7. The summed E-state index contributed by atoms with van der Waals surface area (Å²) in [4.78, 5) is 15.3. The van der Waals surface area contributed by atoms with Crippen LogP contribution in [0.25, 0.3) is 4.96 Å². The van der Waals surface area contributed by atoms with E-state index in [1.54, 1.807) is 0 Å². The zero-order chi connectivity index (χ0) is 22.0. The lowest BCUT2D eigenvalue weighted by atomic mass is 10.2. The number of nitrogens with zero attached hydrogens (tertiary/aromatic N) is 5. The molecule has 3 aromatic rings. The molecular formula is C16H8ClF6N5OS. The predicted octanol–water partition coefficient (Wildman–Crippen LogP) is 4.32. The van der Waals surface area contributed by atoms with E-state index in [0.29, 0.717) is 0 Å². The molecule has 0 spiro atoms. The summed E-state index contributed by atoms with van der Waals surface area (Å²) in [7, 11) is 0. The highest BCUT2D eigenvalue weighted by Gasteiger charge is 2.48. The third-order valence-corrected chi connectivity index (χ3v) is 5.86. The van der Waals surface area contributed by atoms with Gasteiger partial charge < -0.3 is 0 Å². The molecule has 1 fully saturated rings. The maximum Gasteiger partial charge on any atom is 0.436 e. The van der Waals surface area contributed by atoms with E-state index in [2.05, 4.69) is 10.1 Å². The number of aromatic nitrogens is 4. The Morgan fingerprint density at radius 2 is 1.97 bits per heavy atom. The van der Waals surface area contributed by atoms with Gasteiger partial charge in [0.2, 0.25) is 0 Å². The van der Waals surface area contributed by atoms with Crippen LogP contribution >= 0.6 is 22.9 Å². The molecule has 3 aromatic heterocycles. The molecule has 0 amide bonds. The van der Waals surface area contributed by atoms with Gasteiger partial charge in [-0.25, -0.2) is 4.98 Å². The van der Waals surface area contributed by atoms with E-state index >= 15 is 0 Å². The molecule has 0 N–H and O–H groups in total. The Morgan fingerprint density at radius 1 is 1.27 bits per heavy atom. The Balaban J connectivity index is 1.78. The first-order valence-electron chi connectivity index (χ1n) is 8.22. The fourth-order valence-corrected chi connectivity index (χ4v) is 4.48. The Bertz CT molecular complexity index is 1250. The van der Waals surface area contributed by atoms with Crippen molar-refractivity contribution < 1.29 is 26.3 Å². The van der Waals surface area contributed by atoms with E-state index in [1.165, 1.54) is 0 Å². The highest BCUT2D eigenvalue weighted by Crippen LogP contribution is 2.52. The number of rotatable bonds is 3. The van der Waals surface area contributed by atoms with Crippen molar-refractivity contribution in [2.75, 3.05) is 0 Å². The molecule has 1 aliphatic carbocycles. The highest BCUT2D eigenvalue weighted by molar-refractivity contribution is 7.17. The van der Waals surface area contributed by atoms with Gasteiger partial charge in [0.1, 0.15) is 4.88 Å². The number of nitriles is 1. The standard InChI is InChI=1S/C16H8ClF6N5OS/c17-9-5-27(26-12(9)15(18,19)20)4-7-2-10(29)28-11(8-1-6(8)3-24)13(16(21,22)23)30-14(28)25-7/h2,5-6,8H,1,4H2. The van der Waals surface area contributed by atoms with E-state index in [-0.39, 0.29) is 34.1 Å². The molecule has 0 radical (unpaired) electrons. The van der Waals surface area contributed by atoms with Crippen molar-refractivity contribution in [3.05, 3.63) is 49.6 Å².